The van der Waals surface area contributed by atoms with Crippen LogP contribution in [0.1, 0.15) is 27.9 Å². The monoisotopic (exact) mass is 340 g/mol. The molecule has 1 amide bonds. The maximum atomic E-state index is 12.5. The molecule has 2 aromatic carbocycles. The number of nitrogens with zero attached hydrogens (tertiary/aromatic N) is 2. The number of nitrogens with two attached hydrogens (primary N) is 1. The summed E-state index contributed by atoms with van der Waals surface area (Å²) in [5, 5.41) is 5.34. The molecule has 0 spiro atoms. The first-order valence-electron chi connectivity index (χ1n) is 7.57. The number of hydrogen-bond acceptors (Lipinski definition) is 4. The number of halogens is 1. The number of aryl methyl sites for hydroxylation is 1. The Labute approximate surface area is 144 Å². The zero-order valence-electron chi connectivity index (χ0n) is 13.2. The molecule has 1 aromatic heterocycles. The molecule has 0 aliphatic carbocycles. The van der Waals surface area contributed by atoms with Gasteiger partial charge in [-0.25, -0.2) is 9.97 Å². The molecule has 24 heavy (non-hydrogen) atoms. The van der Waals surface area contributed by atoms with Crippen molar-refractivity contribution in [3.63, 3.8) is 0 Å². The Kier molecular flexibility index (Phi) is 4.74. The van der Waals surface area contributed by atoms with Crippen molar-refractivity contribution in [2.75, 3.05) is 6.54 Å². The van der Waals surface area contributed by atoms with Crippen LogP contribution >= 0.6 is 11.6 Å². The highest BCUT2D eigenvalue weighted by Crippen LogP contribution is 2.21. The van der Waals surface area contributed by atoms with Crippen molar-refractivity contribution in [3.05, 3.63) is 70.8 Å². The number of nitrogens with one attached hydrogen (secondary N) is 1. The van der Waals surface area contributed by atoms with Gasteiger partial charge in [-0.1, -0.05) is 48.0 Å². The van der Waals surface area contributed by atoms with Crippen LogP contribution < -0.4 is 11.1 Å². The molecule has 5 nitrogen and oxygen atoms in total. The van der Waals surface area contributed by atoms with Crippen LogP contribution in [0.15, 0.2) is 48.7 Å². The lowest BCUT2D eigenvalue weighted by molar-refractivity contribution is 0.0932. The van der Waals surface area contributed by atoms with Crippen LogP contribution in [0.2, 0.25) is 5.02 Å². The Morgan fingerprint density at radius 2 is 2.00 bits per heavy atom. The Balaban J connectivity index is 1.87. The zero-order chi connectivity index (χ0) is 17.1. The molecule has 0 saturated heterocycles. The van der Waals surface area contributed by atoms with Gasteiger partial charge >= 0.3 is 0 Å². The smallest absolute Gasteiger partial charge is 0.272 e. The third-order valence-corrected chi connectivity index (χ3v) is 4.07. The normalized spacial score (nSPS) is 12.1. The van der Waals surface area contributed by atoms with E-state index < -0.39 is 0 Å². The molecule has 0 radical (unpaired) electrons. The van der Waals surface area contributed by atoms with Gasteiger partial charge in [0.05, 0.1) is 17.3 Å². The molecule has 0 fully saturated rings. The minimum atomic E-state index is -0.367. The number of benzene rings is 2. The lowest BCUT2D eigenvalue weighted by atomic mass is 10.0. The molecule has 3 rings (SSSR count). The van der Waals surface area contributed by atoms with E-state index in [4.69, 9.17) is 17.3 Å². The number of carbonyl (C=O) groups is 1. The summed E-state index contributed by atoms with van der Waals surface area (Å²) in [5.41, 5.74) is 6.96. The minimum Gasteiger partial charge on any atom is -0.343 e. The summed E-state index contributed by atoms with van der Waals surface area (Å²) >= 11 is 6.02. The molecular weight excluding hydrogens is 324 g/mol. The van der Waals surface area contributed by atoms with Crippen molar-refractivity contribution < 1.29 is 4.79 Å². The third-order valence-electron chi connectivity index (χ3n) is 3.80. The molecule has 0 aliphatic rings. The molecule has 6 heteroatoms. The average molecular weight is 341 g/mol. The number of aromatic nitrogens is 2. The molecule has 122 valence electrons. The summed E-state index contributed by atoms with van der Waals surface area (Å²) in [7, 11) is 0. The van der Waals surface area contributed by atoms with Crippen molar-refractivity contribution in [2.45, 2.75) is 13.0 Å². The van der Waals surface area contributed by atoms with Crippen LogP contribution in [-0.4, -0.2) is 22.4 Å². The van der Waals surface area contributed by atoms with Crippen LogP contribution in [0, 0.1) is 6.92 Å². The van der Waals surface area contributed by atoms with Crippen molar-refractivity contribution in [1.29, 1.82) is 0 Å². The first-order valence-corrected chi connectivity index (χ1v) is 7.95. The molecule has 1 heterocycles. The van der Waals surface area contributed by atoms with E-state index in [0.717, 1.165) is 16.3 Å². The number of carbonyl (C=O) groups excluding carboxylic acids is 1. The SMILES string of the molecule is Cc1ncc(Cl)c(C(=O)NC(CN)c2ccc3ccccc3c2)n1. The molecule has 1 atom stereocenters. The fourth-order valence-electron chi connectivity index (χ4n) is 2.54. The predicted octanol–water partition coefficient (Wildman–Crippen LogP) is 3.02. The molecule has 3 N–H and O–H groups in total. The quantitative estimate of drug-likeness (QED) is 0.765. The standard InChI is InChI=1S/C18H17ClN4O/c1-11-21-10-15(19)17(22-11)18(24)23-16(9-20)14-7-6-12-4-2-3-5-13(12)8-14/h2-8,10,16H,9,20H2,1H3,(H,23,24). The lowest BCUT2D eigenvalue weighted by Crippen LogP contribution is -2.34. The summed E-state index contributed by atoms with van der Waals surface area (Å²) in [4.78, 5) is 20.6. The highest BCUT2D eigenvalue weighted by molar-refractivity contribution is 6.33. The van der Waals surface area contributed by atoms with E-state index in [1.165, 1.54) is 6.20 Å². The minimum absolute atomic E-state index is 0.156. The Morgan fingerprint density at radius 1 is 1.25 bits per heavy atom. The number of amides is 1. The van der Waals surface area contributed by atoms with Gasteiger partial charge in [0.2, 0.25) is 0 Å². The Morgan fingerprint density at radius 3 is 2.75 bits per heavy atom. The fourth-order valence-corrected chi connectivity index (χ4v) is 2.72. The molecule has 1 unspecified atom stereocenters. The second-order valence-corrected chi connectivity index (χ2v) is 5.89. The van der Waals surface area contributed by atoms with E-state index in [2.05, 4.69) is 15.3 Å². The third kappa shape index (κ3) is 3.37. The largest absolute Gasteiger partial charge is 0.343 e. The van der Waals surface area contributed by atoms with E-state index in [1.54, 1.807) is 6.92 Å². The first kappa shape index (κ1) is 16.4. The van der Waals surface area contributed by atoms with E-state index in [0.29, 0.717) is 5.82 Å². The van der Waals surface area contributed by atoms with E-state index in [1.807, 2.05) is 42.5 Å². The van der Waals surface area contributed by atoms with E-state index >= 15 is 0 Å². The van der Waals surface area contributed by atoms with Crippen LogP contribution in [0.4, 0.5) is 0 Å². The molecule has 0 saturated carbocycles. The first-order chi connectivity index (χ1) is 11.6. The number of hydrogen-bond donors (Lipinski definition) is 2. The maximum absolute atomic E-state index is 12.5. The van der Waals surface area contributed by atoms with Gasteiger partial charge in [0.15, 0.2) is 0 Å². The van der Waals surface area contributed by atoms with Crippen LogP contribution in [-0.2, 0) is 0 Å². The van der Waals surface area contributed by atoms with Gasteiger partial charge < -0.3 is 11.1 Å². The Bertz CT molecular complexity index is 897. The summed E-state index contributed by atoms with van der Waals surface area (Å²) < 4.78 is 0. The zero-order valence-corrected chi connectivity index (χ0v) is 13.9. The summed E-state index contributed by atoms with van der Waals surface area (Å²) in [6.45, 7) is 1.97. The highest BCUT2D eigenvalue weighted by Gasteiger charge is 2.18. The average Bonchev–Trinajstić information content (AvgIpc) is 2.61. The van der Waals surface area contributed by atoms with Crippen LogP contribution in [0.5, 0.6) is 0 Å². The van der Waals surface area contributed by atoms with E-state index in [-0.39, 0.29) is 29.2 Å². The molecule has 0 aliphatic heterocycles. The van der Waals surface area contributed by atoms with Gasteiger partial charge in [-0.2, -0.15) is 0 Å². The topological polar surface area (TPSA) is 80.9 Å². The fraction of sp³-hybridized carbons (Fsp3) is 0.167. The Hall–Kier alpha value is -2.50. The summed E-state index contributed by atoms with van der Waals surface area (Å²) in [6, 6.07) is 13.7. The van der Waals surface area contributed by atoms with Crippen molar-refractivity contribution >= 4 is 28.3 Å². The van der Waals surface area contributed by atoms with Gasteiger partial charge in [-0.15, -0.1) is 0 Å². The van der Waals surface area contributed by atoms with E-state index in [9.17, 15) is 4.79 Å². The molecule has 3 aromatic rings. The van der Waals surface area contributed by atoms with Crippen molar-refractivity contribution in [1.82, 2.24) is 15.3 Å². The van der Waals surface area contributed by atoms with Gasteiger partial charge in [-0.3, -0.25) is 4.79 Å². The van der Waals surface area contributed by atoms with Crippen molar-refractivity contribution in [2.24, 2.45) is 5.73 Å². The second-order valence-electron chi connectivity index (χ2n) is 5.48. The van der Waals surface area contributed by atoms with Gasteiger partial charge in [0.1, 0.15) is 11.5 Å². The predicted molar refractivity (Wildman–Crippen MR) is 95.0 cm³/mol. The van der Waals surface area contributed by atoms with Crippen LogP contribution in [0.3, 0.4) is 0 Å². The number of rotatable bonds is 4. The lowest BCUT2D eigenvalue weighted by Gasteiger charge is -2.18. The number of fused-ring (bicyclic) bond motifs is 1. The summed E-state index contributed by atoms with van der Waals surface area (Å²) in [5.74, 6) is 0.119. The van der Waals surface area contributed by atoms with Crippen molar-refractivity contribution in [3.8, 4) is 0 Å². The van der Waals surface area contributed by atoms with Crippen LogP contribution in [0.25, 0.3) is 10.8 Å². The van der Waals surface area contributed by atoms with Gasteiger partial charge in [0.25, 0.3) is 5.91 Å². The van der Waals surface area contributed by atoms with Gasteiger partial charge in [0, 0.05) is 6.54 Å². The summed E-state index contributed by atoms with van der Waals surface area (Å²) in [6.07, 6.45) is 1.42. The maximum Gasteiger partial charge on any atom is 0.272 e. The highest BCUT2D eigenvalue weighted by atomic mass is 35.5. The van der Waals surface area contributed by atoms with Gasteiger partial charge in [-0.05, 0) is 29.3 Å². The molecule has 0 bridgehead atoms. The second kappa shape index (κ2) is 6.95. The molecular formula is C18H17ClN4O.